The van der Waals surface area contributed by atoms with Gasteiger partial charge in [0.1, 0.15) is 11.9 Å². The molecule has 6 heteroatoms. The summed E-state index contributed by atoms with van der Waals surface area (Å²) in [6.07, 6.45) is 1.79. The molecule has 1 heterocycles. The molecule has 1 aromatic rings. The van der Waals surface area contributed by atoms with E-state index >= 15 is 0 Å². The molecule has 0 bridgehead atoms. The molecule has 1 aliphatic rings. The van der Waals surface area contributed by atoms with E-state index < -0.39 is 0 Å². The summed E-state index contributed by atoms with van der Waals surface area (Å²) in [7, 11) is 1.76. The molecule has 0 amide bonds. The summed E-state index contributed by atoms with van der Waals surface area (Å²) in [5.41, 5.74) is 0.979. The minimum Gasteiger partial charge on any atom is -0.367 e. The smallest absolute Gasteiger partial charge is 0.194 e. The number of guanidine groups is 1. The molecule has 0 aliphatic carbocycles. The van der Waals surface area contributed by atoms with Crippen LogP contribution in [-0.4, -0.2) is 43.6 Å². The van der Waals surface area contributed by atoms with E-state index in [2.05, 4.69) is 21.8 Å². The van der Waals surface area contributed by atoms with Crippen LogP contribution in [0, 0.1) is 5.82 Å². The van der Waals surface area contributed by atoms with Gasteiger partial charge >= 0.3 is 0 Å². The molecule has 2 unspecified atom stereocenters. The maximum atomic E-state index is 13.0. The summed E-state index contributed by atoms with van der Waals surface area (Å²) in [5.74, 6) is 0.597. The third-order valence-electron chi connectivity index (χ3n) is 3.42. The minimum absolute atomic E-state index is 0. The van der Waals surface area contributed by atoms with Crippen molar-refractivity contribution in [3.05, 3.63) is 48.3 Å². The number of benzene rings is 1. The first-order chi connectivity index (χ1) is 10.1. The van der Waals surface area contributed by atoms with E-state index in [1.54, 1.807) is 25.3 Å². The predicted molar refractivity (Wildman–Crippen MR) is 98.2 cm³/mol. The molecule has 1 N–H and O–H groups in total. The third kappa shape index (κ3) is 4.95. The Hall–Kier alpha value is -1.15. The zero-order chi connectivity index (χ0) is 15.2. The lowest BCUT2D eigenvalue weighted by atomic mass is 10.1. The number of hydrogen-bond donors (Lipinski definition) is 1. The van der Waals surface area contributed by atoms with Gasteiger partial charge in [-0.15, -0.1) is 30.6 Å². The molecule has 0 radical (unpaired) electrons. The van der Waals surface area contributed by atoms with Gasteiger partial charge in [-0.25, -0.2) is 4.39 Å². The van der Waals surface area contributed by atoms with Crippen molar-refractivity contribution >= 4 is 29.9 Å². The number of hydrogen-bond acceptors (Lipinski definition) is 2. The van der Waals surface area contributed by atoms with Gasteiger partial charge < -0.3 is 15.0 Å². The summed E-state index contributed by atoms with van der Waals surface area (Å²) < 4.78 is 19.0. The van der Waals surface area contributed by atoms with Crippen LogP contribution in [0.1, 0.15) is 18.6 Å². The fourth-order valence-electron chi connectivity index (χ4n) is 2.48. The van der Waals surface area contributed by atoms with Crippen LogP contribution in [0.5, 0.6) is 0 Å². The van der Waals surface area contributed by atoms with Crippen LogP contribution < -0.4 is 5.32 Å². The van der Waals surface area contributed by atoms with Crippen LogP contribution >= 0.6 is 24.0 Å². The van der Waals surface area contributed by atoms with Crippen molar-refractivity contribution in [1.82, 2.24) is 10.2 Å². The highest BCUT2D eigenvalue weighted by atomic mass is 127. The van der Waals surface area contributed by atoms with Gasteiger partial charge in [0.25, 0.3) is 0 Å². The van der Waals surface area contributed by atoms with Gasteiger partial charge in [0.05, 0.1) is 12.6 Å². The van der Waals surface area contributed by atoms with Crippen LogP contribution in [-0.2, 0) is 4.74 Å². The molecule has 1 aromatic carbocycles. The number of nitrogens with one attached hydrogen (secondary N) is 1. The van der Waals surface area contributed by atoms with E-state index in [4.69, 9.17) is 4.74 Å². The Morgan fingerprint density at radius 2 is 2.14 bits per heavy atom. The van der Waals surface area contributed by atoms with Crippen LogP contribution in [0.15, 0.2) is 41.9 Å². The Bertz CT molecular complexity index is 507. The monoisotopic (exact) mass is 419 g/mol. The number of aliphatic imine (C=N–C) groups is 1. The summed E-state index contributed by atoms with van der Waals surface area (Å²) in [5, 5.41) is 3.23. The standard InChI is InChI=1S/C16H22FN3O.HI/c1-4-9-19-16(18-3)20-10-12(2)21-15(11-20)13-5-7-14(17)8-6-13;/h4-8,12,15H,1,9-11H2,2-3H3,(H,18,19);1H. The average Bonchev–Trinajstić information content (AvgIpc) is 2.48. The van der Waals surface area contributed by atoms with Crippen molar-refractivity contribution in [2.24, 2.45) is 4.99 Å². The van der Waals surface area contributed by atoms with Crippen molar-refractivity contribution in [1.29, 1.82) is 0 Å². The molecule has 4 nitrogen and oxygen atoms in total. The van der Waals surface area contributed by atoms with Crippen molar-refractivity contribution in [3.8, 4) is 0 Å². The summed E-state index contributed by atoms with van der Waals surface area (Å²) in [6.45, 7) is 7.86. The molecule has 2 atom stereocenters. The van der Waals surface area contributed by atoms with Crippen molar-refractivity contribution < 1.29 is 9.13 Å². The lowest BCUT2D eigenvalue weighted by molar-refractivity contribution is -0.0604. The highest BCUT2D eigenvalue weighted by molar-refractivity contribution is 14.0. The lowest BCUT2D eigenvalue weighted by Gasteiger charge is -2.38. The zero-order valence-electron chi connectivity index (χ0n) is 13.0. The number of nitrogens with zero attached hydrogens (tertiary/aromatic N) is 2. The van der Waals surface area contributed by atoms with Gasteiger partial charge in [-0.3, -0.25) is 4.99 Å². The predicted octanol–water partition coefficient (Wildman–Crippen LogP) is 2.97. The minimum atomic E-state index is -0.233. The molecule has 1 aliphatic heterocycles. The molecule has 1 saturated heterocycles. The van der Waals surface area contributed by atoms with Crippen LogP contribution in [0.25, 0.3) is 0 Å². The maximum absolute atomic E-state index is 13.0. The van der Waals surface area contributed by atoms with E-state index in [1.165, 1.54) is 12.1 Å². The van der Waals surface area contributed by atoms with E-state index in [0.717, 1.165) is 18.1 Å². The molecular weight excluding hydrogens is 396 g/mol. The van der Waals surface area contributed by atoms with Gasteiger partial charge in [0, 0.05) is 20.1 Å². The molecule has 22 heavy (non-hydrogen) atoms. The second kappa shape index (κ2) is 9.09. The SMILES string of the molecule is C=CCNC(=NC)N1CC(C)OC(c2ccc(F)cc2)C1.I. The van der Waals surface area contributed by atoms with Crippen LogP contribution in [0.2, 0.25) is 0 Å². The number of rotatable bonds is 3. The largest absolute Gasteiger partial charge is 0.367 e. The Morgan fingerprint density at radius 3 is 2.73 bits per heavy atom. The number of morpholine rings is 1. The van der Waals surface area contributed by atoms with Crippen LogP contribution in [0.3, 0.4) is 0 Å². The maximum Gasteiger partial charge on any atom is 0.194 e. The number of halogens is 2. The Balaban J connectivity index is 0.00000242. The average molecular weight is 419 g/mol. The highest BCUT2D eigenvalue weighted by Gasteiger charge is 2.28. The zero-order valence-corrected chi connectivity index (χ0v) is 15.3. The number of ether oxygens (including phenoxy) is 1. The fourth-order valence-corrected chi connectivity index (χ4v) is 2.48. The third-order valence-corrected chi connectivity index (χ3v) is 3.42. The molecule has 0 aromatic heterocycles. The Kier molecular flexibility index (Phi) is 7.81. The first kappa shape index (κ1) is 18.9. The summed E-state index contributed by atoms with van der Waals surface area (Å²) >= 11 is 0. The second-order valence-electron chi connectivity index (χ2n) is 5.11. The molecule has 0 spiro atoms. The summed E-state index contributed by atoms with van der Waals surface area (Å²) in [6, 6.07) is 6.48. The van der Waals surface area contributed by atoms with Gasteiger partial charge in [-0.1, -0.05) is 18.2 Å². The fraction of sp³-hybridized carbons (Fsp3) is 0.438. The van der Waals surface area contributed by atoms with Gasteiger partial charge in [-0.2, -0.15) is 0 Å². The van der Waals surface area contributed by atoms with Crippen molar-refractivity contribution in [3.63, 3.8) is 0 Å². The van der Waals surface area contributed by atoms with Gasteiger partial charge in [0.15, 0.2) is 5.96 Å². The van der Waals surface area contributed by atoms with E-state index in [-0.39, 0.29) is 42.0 Å². The molecule has 122 valence electrons. The topological polar surface area (TPSA) is 36.9 Å². The van der Waals surface area contributed by atoms with E-state index in [0.29, 0.717) is 13.1 Å². The van der Waals surface area contributed by atoms with E-state index in [1.807, 2.05) is 6.92 Å². The van der Waals surface area contributed by atoms with Crippen molar-refractivity contribution in [2.75, 3.05) is 26.7 Å². The Labute approximate surface area is 148 Å². The molecular formula is C16H23FIN3O. The molecule has 0 saturated carbocycles. The van der Waals surface area contributed by atoms with Gasteiger partial charge in [0.2, 0.25) is 0 Å². The normalized spacial score (nSPS) is 22.0. The van der Waals surface area contributed by atoms with Crippen molar-refractivity contribution in [2.45, 2.75) is 19.1 Å². The molecule has 1 fully saturated rings. The van der Waals surface area contributed by atoms with Gasteiger partial charge in [-0.05, 0) is 24.6 Å². The van der Waals surface area contributed by atoms with E-state index in [9.17, 15) is 4.39 Å². The summed E-state index contributed by atoms with van der Waals surface area (Å²) in [4.78, 5) is 6.45. The second-order valence-corrected chi connectivity index (χ2v) is 5.11. The first-order valence-corrected chi connectivity index (χ1v) is 7.11. The van der Waals surface area contributed by atoms with Crippen LogP contribution in [0.4, 0.5) is 4.39 Å². The Morgan fingerprint density at radius 1 is 1.45 bits per heavy atom. The molecule has 2 rings (SSSR count). The first-order valence-electron chi connectivity index (χ1n) is 7.11. The highest BCUT2D eigenvalue weighted by Crippen LogP contribution is 2.25. The quantitative estimate of drug-likeness (QED) is 0.354. The lowest BCUT2D eigenvalue weighted by Crippen LogP contribution is -2.50.